The smallest absolute Gasteiger partial charge is 0.198 e. The Kier molecular flexibility index (Phi) is 13.4. The Labute approximate surface area is 342 Å². The summed E-state index contributed by atoms with van der Waals surface area (Å²) in [5, 5.41) is 8.14. The molecule has 0 bridgehead atoms. The Hall–Kier alpha value is -6.38. The van der Waals surface area contributed by atoms with E-state index in [9.17, 15) is 8.78 Å². The van der Waals surface area contributed by atoms with Gasteiger partial charge in [0.05, 0.1) is 32.1 Å². The van der Waals surface area contributed by atoms with Crippen molar-refractivity contribution in [2.75, 3.05) is 52.6 Å². The van der Waals surface area contributed by atoms with E-state index in [1.165, 1.54) is 0 Å². The zero-order valence-electron chi connectivity index (χ0n) is 33.1. The van der Waals surface area contributed by atoms with Crippen LogP contribution in [0.1, 0.15) is 54.0 Å². The van der Waals surface area contributed by atoms with Crippen molar-refractivity contribution < 1.29 is 27.3 Å². The van der Waals surface area contributed by atoms with Crippen LogP contribution in [0.15, 0.2) is 128 Å². The quantitative estimate of drug-likeness (QED) is 0.110. The zero-order valence-corrected chi connectivity index (χ0v) is 33.1. The van der Waals surface area contributed by atoms with E-state index < -0.39 is 0 Å². The van der Waals surface area contributed by atoms with Crippen LogP contribution in [0, 0.1) is 11.6 Å². The van der Waals surface area contributed by atoms with E-state index in [2.05, 4.69) is 20.3 Å². The third-order valence-electron chi connectivity index (χ3n) is 10.4. The second kappa shape index (κ2) is 19.4. The predicted molar refractivity (Wildman–Crippen MR) is 223 cm³/mol. The normalized spacial score (nSPS) is 16.0. The van der Waals surface area contributed by atoms with Gasteiger partial charge in [-0.1, -0.05) is 109 Å². The first-order valence-corrected chi connectivity index (χ1v) is 19.6. The van der Waals surface area contributed by atoms with E-state index in [1.807, 2.05) is 109 Å². The first-order chi connectivity index (χ1) is 28.7. The number of morpholine rings is 2. The number of aliphatic imine (C=N–C) groups is 2. The van der Waals surface area contributed by atoms with Crippen molar-refractivity contribution in [2.24, 2.45) is 21.5 Å². The molecule has 8 rings (SSSR count). The van der Waals surface area contributed by atoms with Gasteiger partial charge in [0.1, 0.15) is 23.9 Å². The minimum atomic E-state index is -0.269. The predicted octanol–water partition coefficient (Wildman–Crippen LogP) is 7.69. The fourth-order valence-electron chi connectivity index (χ4n) is 6.82. The van der Waals surface area contributed by atoms with Crippen molar-refractivity contribution in [3.05, 3.63) is 149 Å². The fraction of sp³-hybridized carbons (Fsp3) is 0.289. The molecule has 4 heterocycles. The molecule has 6 aromatic rings. The lowest BCUT2D eigenvalue weighted by molar-refractivity contribution is 0.0674. The number of hydrogen-bond acceptors (Lipinski definition) is 8. The zero-order chi connectivity index (χ0) is 41.1. The summed E-state index contributed by atoms with van der Waals surface area (Å²) in [6.45, 7) is 9.65. The standard InChI is InChI=1S/C23H25FN4O2.C22H23FN4O2/c1-16(18-7-8-20(21(24)13-18)17-5-3-2-4-6-17)22-14-19(30-27-22)15-26-23(25)28-9-11-29-12-10-28;1-15(17-7-8-18(19(23)13-17)16-5-3-2-4-6-16)20-14-21(26-29-20)25-22(24)27-9-11-28-12-10-27/h2-8,13-14,16H,9-12,15H2,1H3,(H2,25,26);2-8,13-15H,9-12H2,1H3,(H2,24,25,26). The lowest BCUT2D eigenvalue weighted by Crippen LogP contribution is -2.44. The third-order valence-corrected chi connectivity index (χ3v) is 10.4. The Balaban J connectivity index is 0.000000179. The van der Waals surface area contributed by atoms with Crippen LogP contribution in [0.4, 0.5) is 14.6 Å². The number of halogens is 2. The van der Waals surface area contributed by atoms with Crippen LogP contribution in [0.25, 0.3) is 22.3 Å². The monoisotopic (exact) mass is 802 g/mol. The molecule has 306 valence electrons. The maximum absolute atomic E-state index is 14.7. The molecule has 2 saturated heterocycles. The van der Waals surface area contributed by atoms with E-state index in [1.54, 1.807) is 24.3 Å². The maximum atomic E-state index is 14.7. The van der Waals surface area contributed by atoms with Gasteiger partial charge in [-0.05, 0) is 34.4 Å². The van der Waals surface area contributed by atoms with Crippen LogP contribution in [0.5, 0.6) is 0 Å². The van der Waals surface area contributed by atoms with Gasteiger partial charge in [-0.25, -0.2) is 13.8 Å². The fourth-order valence-corrected chi connectivity index (χ4v) is 6.82. The summed E-state index contributed by atoms with van der Waals surface area (Å²) in [5.41, 5.74) is 17.3. The van der Waals surface area contributed by atoms with Crippen molar-refractivity contribution >= 4 is 17.7 Å². The highest BCUT2D eigenvalue weighted by atomic mass is 19.1. The molecule has 2 atom stereocenters. The van der Waals surface area contributed by atoms with Crippen molar-refractivity contribution in [2.45, 2.75) is 32.2 Å². The number of rotatable bonds is 9. The molecule has 0 saturated carbocycles. The largest absolute Gasteiger partial charge is 0.378 e. The molecule has 2 fully saturated rings. The molecule has 59 heavy (non-hydrogen) atoms. The molecule has 12 nitrogen and oxygen atoms in total. The Morgan fingerprint density at radius 2 is 1.17 bits per heavy atom. The maximum Gasteiger partial charge on any atom is 0.198 e. The van der Waals surface area contributed by atoms with Gasteiger partial charge in [0.25, 0.3) is 0 Å². The van der Waals surface area contributed by atoms with Crippen LogP contribution in [0.3, 0.4) is 0 Å². The number of nitrogens with zero attached hydrogens (tertiary/aromatic N) is 6. The molecular weight excluding hydrogens is 755 g/mol. The number of hydrogen-bond donors (Lipinski definition) is 2. The molecular formula is C45H48F2N8O4. The summed E-state index contributed by atoms with van der Waals surface area (Å²) in [7, 11) is 0. The lowest BCUT2D eigenvalue weighted by atomic mass is 9.94. The van der Waals surface area contributed by atoms with Gasteiger partial charge in [0, 0.05) is 61.3 Å². The SMILES string of the molecule is CC(c1ccc(-c2ccccc2)c(F)c1)c1cc(CN=C(N)N2CCOCC2)on1.CC(c1ccc(-c2ccccc2)c(F)c1)c1cc(N=C(N)N2CCOCC2)no1. The van der Waals surface area contributed by atoms with Gasteiger partial charge in [-0.3, -0.25) is 0 Å². The summed E-state index contributed by atoms with van der Waals surface area (Å²) in [4.78, 5) is 12.7. The van der Waals surface area contributed by atoms with Gasteiger partial charge in [0.2, 0.25) is 0 Å². The average molecular weight is 803 g/mol. The van der Waals surface area contributed by atoms with Gasteiger partial charge in [-0.15, -0.1) is 0 Å². The number of benzene rings is 4. The average Bonchev–Trinajstić information content (AvgIpc) is 3.97. The summed E-state index contributed by atoms with van der Waals surface area (Å²) < 4.78 is 50.9. The highest BCUT2D eigenvalue weighted by molar-refractivity contribution is 5.80. The van der Waals surface area contributed by atoms with Crippen LogP contribution in [-0.2, 0) is 16.0 Å². The second-order valence-electron chi connectivity index (χ2n) is 14.3. The molecule has 2 unspecified atom stereocenters. The van der Waals surface area contributed by atoms with E-state index in [0.717, 1.165) is 41.0 Å². The van der Waals surface area contributed by atoms with E-state index >= 15 is 0 Å². The number of nitrogens with two attached hydrogens (primary N) is 2. The first-order valence-electron chi connectivity index (χ1n) is 19.6. The number of aromatic nitrogens is 2. The van der Waals surface area contributed by atoms with E-state index in [-0.39, 0.29) is 23.5 Å². The molecule has 0 aliphatic carbocycles. The molecule has 0 radical (unpaired) electrons. The number of guanidine groups is 2. The Bertz CT molecular complexity index is 2340. The molecule has 14 heteroatoms. The van der Waals surface area contributed by atoms with Gasteiger partial charge >= 0.3 is 0 Å². The van der Waals surface area contributed by atoms with E-state index in [4.69, 9.17) is 30.0 Å². The van der Waals surface area contributed by atoms with Crippen molar-refractivity contribution in [3.63, 3.8) is 0 Å². The molecule has 2 aromatic heterocycles. The highest BCUT2D eigenvalue weighted by Crippen LogP contribution is 2.32. The topological polar surface area (TPSA) is 154 Å². The summed E-state index contributed by atoms with van der Waals surface area (Å²) in [6, 6.07) is 33.1. The third kappa shape index (κ3) is 10.4. The van der Waals surface area contributed by atoms with Crippen molar-refractivity contribution in [1.82, 2.24) is 20.1 Å². The Morgan fingerprint density at radius 1 is 0.644 bits per heavy atom. The van der Waals surface area contributed by atoms with Crippen LogP contribution >= 0.6 is 0 Å². The number of ether oxygens (including phenoxy) is 2. The molecule has 0 amide bonds. The second-order valence-corrected chi connectivity index (χ2v) is 14.3. The Morgan fingerprint density at radius 3 is 1.71 bits per heavy atom. The molecule has 4 aromatic carbocycles. The first kappa shape index (κ1) is 40.8. The van der Waals surface area contributed by atoms with Crippen molar-refractivity contribution in [3.8, 4) is 22.3 Å². The molecule has 2 aliphatic rings. The minimum absolute atomic E-state index is 0.109. The van der Waals surface area contributed by atoms with Crippen LogP contribution < -0.4 is 11.5 Å². The molecule has 0 spiro atoms. The van der Waals surface area contributed by atoms with Crippen LogP contribution in [-0.4, -0.2) is 84.6 Å². The van der Waals surface area contributed by atoms with Gasteiger partial charge in [0.15, 0.2) is 23.5 Å². The summed E-state index contributed by atoms with van der Waals surface area (Å²) >= 11 is 0. The summed E-state index contributed by atoms with van der Waals surface area (Å²) in [6.07, 6.45) is 0. The van der Waals surface area contributed by atoms with Gasteiger partial charge in [-0.2, -0.15) is 4.99 Å². The van der Waals surface area contributed by atoms with Crippen molar-refractivity contribution in [1.29, 1.82) is 0 Å². The van der Waals surface area contributed by atoms with Crippen LogP contribution in [0.2, 0.25) is 0 Å². The van der Waals surface area contributed by atoms with E-state index in [0.29, 0.717) is 86.4 Å². The van der Waals surface area contributed by atoms with Gasteiger partial charge < -0.3 is 39.8 Å². The minimum Gasteiger partial charge on any atom is -0.378 e. The lowest BCUT2D eigenvalue weighted by Gasteiger charge is -2.27. The molecule has 4 N–H and O–H groups in total. The highest BCUT2D eigenvalue weighted by Gasteiger charge is 2.20. The summed E-state index contributed by atoms with van der Waals surface area (Å²) in [5.74, 6) is 1.68. The molecule has 2 aliphatic heterocycles.